The Morgan fingerprint density at radius 3 is 2.70 bits per heavy atom. The number of thiophene rings is 1. The van der Waals surface area contributed by atoms with Gasteiger partial charge in [0, 0.05) is 29.6 Å². The van der Waals surface area contributed by atoms with Crippen LogP contribution < -0.4 is 14.8 Å². The first kappa shape index (κ1) is 20.7. The fourth-order valence-corrected chi connectivity index (χ4v) is 4.71. The maximum absolute atomic E-state index is 12.6. The van der Waals surface area contributed by atoms with Crippen molar-refractivity contribution in [2.75, 3.05) is 38.8 Å². The molecule has 2 aromatic rings. The fraction of sp³-hybridized carbons (Fsp3) is 0.455. The SMILES string of the molecule is Cc1ccsc1CN(C)C(=O)CN1CCC(C(=O)Nc2ccc3c(c2)OCO3)CC1. The van der Waals surface area contributed by atoms with E-state index in [1.54, 1.807) is 28.4 Å². The number of hydrogen-bond acceptors (Lipinski definition) is 6. The van der Waals surface area contributed by atoms with Crippen molar-refractivity contribution in [3.05, 3.63) is 40.1 Å². The molecule has 7 nitrogen and oxygen atoms in total. The molecule has 2 amide bonds. The summed E-state index contributed by atoms with van der Waals surface area (Å²) in [5, 5.41) is 5.04. The standard InChI is InChI=1S/C22H27N3O4S/c1-15-7-10-30-20(15)12-24(2)21(26)13-25-8-5-16(6-9-25)22(27)23-17-3-4-18-19(11-17)29-14-28-18/h3-4,7,10-11,16H,5-6,8-9,12-14H2,1-2H3,(H,23,27). The molecule has 1 N–H and O–H groups in total. The molecule has 0 saturated carbocycles. The summed E-state index contributed by atoms with van der Waals surface area (Å²) >= 11 is 1.69. The van der Waals surface area contributed by atoms with Gasteiger partial charge in [-0.15, -0.1) is 11.3 Å². The zero-order chi connectivity index (χ0) is 21.1. The number of carbonyl (C=O) groups excluding carboxylic acids is 2. The molecule has 1 saturated heterocycles. The molecule has 1 fully saturated rings. The number of amides is 2. The Labute approximate surface area is 180 Å². The predicted octanol–water partition coefficient (Wildman–Crippen LogP) is 3.09. The number of benzene rings is 1. The Morgan fingerprint density at radius 2 is 1.97 bits per heavy atom. The lowest BCUT2D eigenvalue weighted by Crippen LogP contribution is -2.43. The lowest BCUT2D eigenvalue weighted by atomic mass is 9.95. The molecule has 2 aliphatic heterocycles. The van der Waals surface area contributed by atoms with E-state index in [1.807, 2.05) is 13.1 Å². The zero-order valence-corrected chi connectivity index (χ0v) is 18.2. The summed E-state index contributed by atoms with van der Waals surface area (Å²) in [4.78, 5) is 30.4. The number of likely N-dealkylation sites (N-methyl/N-ethyl adjacent to an activating group) is 1. The summed E-state index contributed by atoms with van der Waals surface area (Å²) in [6, 6.07) is 7.50. The number of ether oxygens (including phenoxy) is 2. The third kappa shape index (κ3) is 4.76. The third-order valence-corrected chi connectivity index (χ3v) is 6.74. The van der Waals surface area contributed by atoms with Gasteiger partial charge in [-0.2, -0.15) is 0 Å². The second-order valence-electron chi connectivity index (χ2n) is 7.88. The number of carbonyl (C=O) groups is 2. The van der Waals surface area contributed by atoms with E-state index in [0.717, 1.165) is 25.9 Å². The molecule has 1 aromatic heterocycles. The highest BCUT2D eigenvalue weighted by Gasteiger charge is 2.27. The summed E-state index contributed by atoms with van der Waals surface area (Å²) < 4.78 is 10.7. The van der Waals surface area contributed by atoms with Crippen molar-refractivity contribution in [3.8, 4) is 11.5 Å². The van der Waals surface area contributed by atoms with Gasteiger partial charge in [0.1, 0.15) is 0 Å². The van der Waals surface area contributed by atoms with Crippen molar-refractivity contribution in [2.45, 2.75) is 26.3 Å². The minimum atomic E-state index is -0.0479. The Balaban J connectivity index is 1.23. The number of nitrogens with zero attached hydrogens (tertiary/aromatic N) is 2. The lowest BCUT2D eigenvalue weighted by Gasteiger charge is -2.31. The van der Waals surface area contributed by atoms with Crippen LogP contribution in [0.15, 0.2) is 29.6 Å². The number of rotatable bonds is 6. The molecule has 160 valence electrons. The van der Waals surface area contributed by atoms with Crippen molar-refractivity contribution >= 4 is 28.8 Å². The van der Waals surface area contributed by atoms with E-state index in [0.29, 0.717) is 30.3 Å². The summed E-state index contributed by atoms with van der Waals surface area (Å²) in [5.41, 5.74) is 1.95. The van der Waals surface area contributed by atoms with Gasteiger partial charge in [-0.05, 0) is 62.0 Å². The maximum Gasteiger partial charge on any atom is 0.236 e. The number of nitrogens with one attached hydrogen (secondary N) is 1. The summed E-state index contributed by atoms with van der Waals surface area (Å²) in [6.07, 6.45) is 1.49. The van der Waals surface area contributed by atoms with Crippen molar-refractivity contribution in [2.24, 2.45) is 5.92 Å². The van der Waals surface area contributed by atoms with Gasteiger partial charge < -0.3 is 19.7 Å². The van der Waals surface area contributed by atoms with E-state index >= 15 is 0 Å². The van der Waals surface area contributed by atoms with Crippen LogP contribution in [0.2, 0.25) is 0 Å². The van der Waals surface area contributed by atoms with Crippen molar-refractivity contribution in [3.63, 3.8) is 0 Å². The van der Waals surface area contributed by atoms with Crippen LogP contribution in [0.4, 0.5) is 5.69 Å². The van der Waals surface area contributed by atoms with E-state index in [4.69, 9.17) is 9.47 Å². The minimum absolute atomic E-state index is 0.0186. The first-order valence-electron chi connectivity index (χ1n) is 10.2. The Bertz CT molecular complexity index is 921. The van der Waals surface area contributed by atoms with Crippen LogP contribution in [0.1, 0.15) is 23.3 Å². The van der Waals surface area contributed by atoms with Crippen LogP contribution in [0.25, 0.3) is 0 Å². The summed E-state index contributed by atoms with van der Waals surface area (Å²) in [7, 11) is 1.85. The molecular weight excluding hydrogens is 402 g/mol. The first-order valence-corrected chi connectivity index (χ1v) is 11.1. The van der Waals surface area contributed by atoms with E-state index in [-0.39, 0.29) is 24.5 Å². The van der Waals surface area contributed by atoms with Gasteiger partial charge in [0.05, 0.1) is 13.1 Å². The molecular formula is C22H27N3O4S. The molecule has 0 spiro atoms. The summed E-state index contributed by atoms with van der Waals surface area (Å²) in [6.45, 7) is 4.83. The molecule has 0 aliphatic carbocycles. The highest BCUT2D eigenvalue weighted by molar-refractivity contribution is 7.10. The van der Waals surface area contributed by atoms with E-state index in [2.05, 4.69) is 28.6 Å². The molecule has 4 rings (SSSR count). The average Bonchev–Trinajstić information content (AvgIpc) is 3.37. The van der Waals surface area contributed by atoms with E-state index in [1.165, 1.54) is 10.4 Å². The number of likely N-dealkylation sites (tertiary alicyclic amines) is 1. The lowest BCUT2D eigenvalue weighted by molar-refractivity contribution is -0.132. The number of anilines is 1. The number of piperidine rings is 1. The third-order valence-electron chi connectivity index (χ3n) is 5.73. The van der Waals surface area contributed by atoms with E-state index < -0.39 is 0 Å². The Hall–Kier alpha value is -2.58. The largest absolute Gasteiger partial charge is 0.454 e. The smallest absolute Gasteiger partial charge is 0.236 e. The van der Waals surface area contributed by atoms with Gasteiger partial charge in [0.2, 0.25) is 18.6 Å². The Kier molecular flexibility index (Phi) is 6.24. The number of hydrogen-bond donors (Lipinski definition) is 1. The second kappa shape index (κ2) is 9.06. The summed E-state index contributed by atoms with van der Waals surface area (Å²) in [5.74, 6) is 1.44. The minimum Gasteiger partial charge on any atom is -0.454 e. The predicted molar refractivity (Wildman–Crippen MR) is 116 cm³/mol. The van der Waals surface area contributed by atoms with Crippen LogP contribution in [0.3, 0.4) is 0 Å². The molecule has 8 heteroatoms. The molecule has 0 radical (unpaired) electrons. The van der Waals surface area contributed by atoms with Crippen LogP contribution in [0, 0.1) is 12.8 Å². The van der Waals surface area contributed by atoms with Crippen LogP contribution in [0.5, 0.6) is 11.5 Å². The Morgan fingerprint density at radius 1 is 1.20 bits per heavy atom. The van der Waals surface area contributed by atoms with Crippen LogP contribution >= 0.6 is 11.3 Å². The molecule has 30 heavy (non-hydrogen) atoms. The van der Waals surface area contributed by atoms with Gasteiger partial charge in [-0.25, -0.2) is 0 Å². The molecule has 0 unspecified atom stereocenters. The van der Waals surface area contributed by atoms with Gasteiger partial charge in [-0.3, -0.25) is 14.5 Å². The van der Waals surface area contributed by atoms with Crippen LogP contribution in [-0.2, 0) is 16.1 Å². The molecule has 3 heterocycles. The molecule has 0 bridgehead atoms. The van der Waals surface area contributed by atoms with Gasteiger partial charge in [0.15, 0.2) is 11.5 Å². The highest BCUT2D eigenvalue weighted by atomic mass is 32.1. The molecule has 2 aliphatic rings. The highest BCUT2D eigenvalue weighted by Crippen LogP contribution is 2.34. The number of aryl methyl sites for hydroxylation is 1. The molecule has 0 atom stereocenters. The van der Waals surface area contributed by atoms with Crippen molar-refractivity contribution in [1.29, 1.82) is 0 Å². The monoisotopic (exact) mass is 429 g/mol. The van der Waals surface area contributed by atoms with Crippen LogP contribution in [-0.4, -0.2) is 55.1 Å². The zero-order valence-electron chi connectivity index (χ0n) is 17.3. The quantitative estimate of drug-likeness (QED) is 0.764. The average molecular weight is 430 g/mol. The van der Waals surface area contributed by atoms with Gasteiger partial charge in [0.25, 0.3) is 0 Å². The molecule has 1 aromatic carbocycles. The van der Waals surface area contributed by atoms with Gasteiger partial charge >= 0.3 is 0 Å². The number of fused-ring (bicyclic) bond motifs is 1. The fourth-order valence-electron chi connectivity index (χ4n) is 3.75. The topological polar surface area (TPSA) is 71.1 Å². The first-order chi connectivity index (χ1) is 14.5. The van der Waals surface area contributed by atoms with E-state index in [9.17, 15) is 9.59 Å². The second-order valence-corrected chi connectivity index (χ2v) is 8.88. The van der Waals surface area contributed by atoms with Gasteiger partial charge in [-0.1, -0.05) is 0 Å². The normalized spacial score (nSPS) is 16.5. The van der Waals surface area contributed by atoms with Crippen molar-refractivity contribution in [1.82, 2.24) is 9.80 Å². The van der Waals surface area contributed by atoms with Crippen molar-refractivity contribution < 1.29 is 19.1 Å². The maximum atomic E-state index is 12.6.